The smallest absolute Gasteiger partial charge is 0.127 e. The van der Waals surface area contributed by atoms with E-state index in [0.29, 0.717) is 6.61 Å². The van der Waals surface area contributed by atoms with Crippen LogP contribution in [0.25, 0.3) is 10.8 Å². The summed E-state index contributed by atoms with van der Waals surface area (Å²) in [5.74, 6) is 0.953. The van der Waals surface area contributed by atoms with E-state index in [1.165, 1.54) is 22.3 Å². The van der Waals surface area contributed by atoms with E-state index in [-0.39, 0.29) is 5.41 Å². The zero-order valence-corrected chi connectivity index (χ0v) is 20.6. The molecule has 1 N–H and O–H groups in total. The second kappa shape index (κ2) is 9.82. The number of ether oxygens (including phenoxy) is 2. The minimum absolute atomic E-state index is 0.128. The number of hydrogen-bond acceptors (Lipinski definition) is 6. The van der Waals surface area contributed by atoms with Gasteiger partial charge in [-0.05, 0) is 35.2 Å². The Kier molecular flexibility index (Phi) is 6.63. The lowest BCUT2D eigenvalue weighted by Crippen LogP contribution is -2.38. The summed E-state index contributed by atoms with van der Waals surface area (Å²) in [5, 5.41) is 4.62. The summed E-state index contributed by atoms with van der Waals surface area (Å²) in [6, 6.07) is 21.7. The molecule has 6 nitrogen and oxygen atoms in total. The van der Waals surface area contributed by atoms with Crippen LogP contribution in [0.2, 0.25) is 0 Å². The molecule has 2 aliphatic rings. The van der Waals surface area contributed by atoms with Crippen LogP contribution in [0.15, 0.2) is 60.7 Å². The highest BCUT2D eigenvalue weighted by atomic mass is 16.5. The summed E-state index contributed by atoms with van der Waals surface area (Å²) in [4.78, 5) is 4.78. The van der Waals surface area contributed by atoms with Crippen LogP contribution < -0.4 is 20.1 Å². The maximum Gasteiger partial charge on any atom is 0.127 e. The minimum atomic E-state index is 0.128. The normalized spacial score (nSPS) is 17.5. The lowest BCUT2D eigenvalue weighted by Gasteiger charge is -2.26. The third-order valence-electron chi connectivity index (χ3n) is 6.76. The van der Waals surface area contributed by atoms with Crippen molar-refractivity contribution in [2.24, 2.45) is 0 Å². The molecule has 2 heterocycles. The lowest BCUT2D eigenvalue weighted by molar-refractivity contribution is 0.0323. The van der Waals surface area contributed by atoms with E-state index in [4.69, 9.17) is 9.47 Å². The molecule has 6 heteroatoms. The first-order valence-corrected chi connectivity index (χ1v) is 12.3. The van der Waals surface area contributed by atoms with Crippen molar-refractivity contribution in [3.63, 3.8) is 0 Å². The van der Waals surface area contributed by atoms with Gasteiger partial charge in [0.1, 0.15) is 19.0 Å². The number of anilines is 2. The number of fused-ring (bicyclic) bond motifs is 1. The van der Waals surface area contributed by atoms with E-state index in [1.54, 1.807) is 0 Å². The number of hydrogen-bond donors (Lipinski definition) is 1. The van der Waals surface area contributed by atoms with E-state index in [1.807, 2.05) is 0 Å². The highest BCUT2D eigenvalue weighted by Gasteiger charge is 2.23. The molecule has 0 aliphatic carbocycles. The minimum Gasteiger partial charge on any atom is -0.492 e. The van der Waals surface area contributed by atoms with Gasteiger partial charge in [0.15, 0.2) is 0 Å². The van der Waals surface area contributed by atoms with Gasteiger partial charge in [-0.25, -0.2) is 5.43 Å². The Hall–Kier alpha value is -2.80. The average molecular weight is 461 g/mol. The van der Waals surface area contributed by atoms with E-state index in [2.05, 4.69) is 102 Å². The second-order valence-electron chi connectivity index (χ2n) is 10.2. The highest BCUT2D eigenvalue weighted by molar-refractivity contribution is 5.98. The van der Waals surface area contributed by atoms with Crippen LogP contribution in [-0.4, -0.2) is 57.7 Å². The van der Waals surface area contributed by atoms with Gasteiger partial charge in [0.05, 0.1) is 25.6 Å². The Bertz CT molecular complexity index is 1120. The maximum absolute atomic E-state index is 6.25. The molecule has 34 heavy (non-hydrogen) atoms. The zero-order chi connectivity index (χ0) is 23.5. The van der Waals surface area contributed by atoms with Crippen molar-refractivity contribution in [3.05, 3.63) is 66.2 Å². The van der Waals surface area contributed by atoms with Gasteiger partial charge in [0.25, 0.3) is 0 Å². The number of rotatable bonds is 6. The maximum atomic E-state index is 6.25. The molecule has 0 aromatic heterocycles. The third kappa shape index (κ3) is 4.99. The number of morpholine rings is 1. The van der Waals surface area contributed by atoms with E-state index >= 15 is 0 Å². The van der Waals surface area contributed by atoms with E-state index in [9.17, 15) is 0 Å². The molecule has 5 rings (SSSR count). The Morgan fingerprint density at radius 2 is 1.74 bits per heavy atom. The first-order valence-electron chi connectivity index (χ1n) is 12.3. The molecule has 2 saturated heterocycles. The molecule has 180 valence electrons. The monoisotopic (exact) mass is 460 g/mol. The Labute approximate surface area is 203 Å². The van der Waals surface area contributed by atoms with Crippen LogP contribution in [0, 0.1) is 0 Å². The van der Waals surface area contributed by atoms with Gasteiger partial charge in [-0.1, -0.05) is 57.2 Å². The van der Waals surface area contributed by atoms with Crippen LogP contribution in [0.1, 0.15) is 26.3 Å². The fourth-order valence-corrected chi connectivity index (χ4v) is 4.68. The molecular formula is C28H36N4O2. The summed E-state index contributed by atoms with van der Waals surface area (Å²) in [6.07, 6.45) is 0. The van der Waals surface area contributed by atoms with Crippen LogP contribution in [0.5, 0.6) is 5.75 Å². The molecule has 3 aromatic rings. The third-order valence-corrected chi connectivity index (χ3v) is 6.76. The fourth-order valence-electron chi connectivity index (χ4n) is 4.68. The number of nitrogens with one attached hydrogen (secondary N) is 1. The van der Waals surface area contributed by atoms with Gasteiger partial charge in [0, 0.05) is 36.1 Å². The SMILES string of the molecule is CC(C)(C)c1cccc(N2CN(c3ccc(OCCN4CCOCC4)c4ccccc34)CN2)c1. The topological polar surface area (TPSA) is 40.2 Å². The summed E-state index contributed by atoms with van der Waals surface area (Å²) in [7, 11) is 0. The predicted octanol–water partition coefficient (Wildman–Crippen LogP) is 4.59. The van der Waals surface area contributed by atoms with Crippen molar-refractivity contribution in [1.82, 2.24) is 10.3 Å². The predicted molar refractivity (Wildman–Crippen MR) is 140 cm³/mol. The van der Waals surface area contributed by atoms with Gasteiger partial charge < -0.3 is 14.4 Å². The van der Waals surface area contributed by atoms with Gasteiger partial charge >= 0.3 is 0 Å². The van der Waals surface area contributed by atoms with Crippen molar-refractivity contribution >= 4 is 22.1 Å². The fraction of sp³-hybridized carbons (Fsp3) is 0.429. The molecule has 3 aromatic carbocycles. The van der Waals surface area contributed by atoms with Crippen LogP contribution in [0.4, 0.5) is 11.4 Å². The van der Waals surface area contributed by atoms with Gasteiger partial charge in [-0.2, -0.15) is 0 Å². The molecular weight excluding hydrogens is 424 g/mol. The van der Waals surface area contributed by atoms with Gasteiger partial charge in [-0.3, -0.25) is 9.91 Å². The summed E-state index contributed by atoms with van der Waals surface area (Å²) >= 11 is 0. The molecule has 0 amide bonds. The van der Waals surface area contributed by atoms with E-state index < -0.39 is 0 Å². The summed E-state index contributed by atoms with van der Waals surface area (Å²) in [6.45, 7) is 13.5. The molecule has 0 atom stereocenters. The number of benzene rings is 3. The van der Waals surface area contributed by atoms with Crippen LogP contribution in [0.3, 0.4) is 0 Å². The summed E-state index contributed by atoms with van der Waals surface area (Å²) in [5.41, 5.74) is 7.45. The standard InChI is InChI=1S/C28H36N4O2/c1-28(2,3)22-7-6-8-23(19-22)32-21-31(20-29-32)26-11-12-27(25-10-5-4-9-24(25)26)34-18-15-30-13-16-33-17-14-30/h4-12,19,29H,13-18,20-21H2,1-3H3. The Balaban J connectivity index is 1.31. The average Bonchev–Trinajstić information content (AvgIpc) is 3.34. The highest BCUT2D eigenvalue weighted by Crippen LogP contribution is 2.35. The first-order chi connectivity index (χ1) is 16.5. The molecule has 2 fully saturated rings. The molecule has 0 radical (unpaired) electrons. The van der Waals surface area contributed by atoms with Crippen molar-refractivity contribution in [2.45, 2.75) is 26.2 Å². The zero-order valence-electron chi connectivity index (χ0n) is 20.6. The summed E-state index contributed by atoms with van der Waals surface area (Å²) < 4.78 is 11.7. The number of nitrogens with zero attached hydrogens (tertiary/aromatic N) is 3. The second-order valence-corrected chi connectivity index (χ2v) is 10.2. The number of hydrazine groups is 1. The largest absolute Gasteiger partial charge is 0.492 e. The lowest BCUT2D eigenvalue weighted by atomic mass is 9.87. The molecule has 0 spiro atoms. The molecule has 0 unspecified atom stereocenters. The van der Waals surface area contributed by atoms with Gasteiger partial charge in [-0.15, -0.1) is 0 Å². The van der Waals surface area contributed by atoms with Crippen LogP contribution >= 0.6 is 0 Å². The van der Waals surface area contributed by atoms with Crippen molar-refractivity contribution < 1.29 is 9.47 Å². The van der Waals surface area contributed by atoms with Crippen molar-refractivity contribution in [3.8, 4) is 5.75 Å². The van der Waals surface area contributed by atoms with Crippen LogP contribution in [-0.2, 0) is 10.2 Å². The van der Waals surface area contributed by atoms with Crippen molar-refractivity contribution in [1.29, 1.82) is 0 Å². The molecule has 0 bridgehead atoms. The van der Waals surface area contributed by atoms with Crippen molar-refractivity contribution in [2.75, 3.05) is 62.7 Å². The first kappa shape index (κ1) is 23.0. The molecule has 2 aliphatic heterocycles. The molecule has 0 saturated carbocycles. The van der Waals surface area contributed by atoms with E-state index in [0.717, 1.165) is 57.3 Å². The quantitative estimate of drug-likeness (QED) is 0.580. The Morgan fingerprint density at radius 3 is 2.53 bits per heavy atom. The van der Waals surface area contributed by atoms with Gasteiger partial charge in [0.2, 0.25) is 0 Å². The Morgan fingerprint density at radius 1 is 0.941 bits per heavy atom.